The van der Waals surface area contributed by atoms with E-state index in [1.807, 2.05) is 25.1 Å². The highest BCUT2D eigenvalue weighted by molar-refractivity contribution is 5.87. The third-order valence-corrected chi connectivity index (χ3v) is 4.13. The molecule has 0 radical (unpaired) electrons. The lowest BCUT2D eigenvalue weighted by molar-refractivity contribution is 0.251. The van der Waals surface area contributed by atoms with Gasteiger partial charge in [-0.05, 0) is 46.8 Å². The van der Waals surface area contributed by atoms with Crippen LogP contribution < -0.4 is 10.9 Å². The molecule has 2 heterocycles. The molecule has 1 aliphatic heterocycles. The number of rotatable bonds is 1. The van der Waals surface area contributed by atoms with Crippen LogP contribution in [-0.4, -0.2) is 26.4 Å². The standard InChI is InChI=1S/C18H24N4O/c1-12-19-15-9-7-6-8-14(15)16(23)22(12)20-13-10-17(2,3)21-18(4,5)11-13/h6-9,21H,10-11H2,1-5H3. The number of aryl methyl sites for hydroxylation is 1. The Balaban J connectivity index is 2.12. The van der Waals surface area contributed by atoms with Crippen molar-refractivity contribution in [2.24, 2.45) is 5.10 Å². The van der Waals surface area contributed by atoms with Gasteiger partial charge in [-0.15, -0.1) is 0 Å². The lowest BCUT2D eigenvalue weighted by Gasteiger charge is -2.43. The van der Waals surface area contributed by atoms with Gasteiger partial charge in [-0.3, -0.25) is 4.79 Å². The number of fused-ring (bicyclic) bond motifs is 1. The zero-order valence-electron chi connectivity index (χ0n) is 14.5. The highest BCUT2D eigenvalue weighted by Gasteiger charge is 2.35. The molecule has 0 unspecified atom stereocenters. The van der Waals surface area contributed by atoms with E-state index in [1.165, 1.54) is 4.68 Å². The van der Waals surface area contributed by atoms with Crippen molar-refractivity contribution >= 4 is 16.6 Å². The van der Waals surface area contributed by atoms with E-state index in [0.29, 0.717) is 11.2 Å². The molecule has 1 aromatic heterocycles. The molecule has 0 atom stereocenters. The first-order valence-electron chi connectivity index (χ1n) is 8.01. The summed E-state index contributed by atoms with van der Waals surface area (Å²) in [5, 5.41) is 8.91. The number of nitrogens with zero attached hydrogens (tertiary/aromatic N) is 3. The van der Waals surface area contributed by atoms with Crippen LogP contribution >= 0.6 is 0 Å². The normalized spacial score (nSPS) is 19.8. The van der Waals surface area contributed by atoms with Crippen LogP contribution in [0.3, 0.4) is 0 Å². The van der Waals surface area contributed by atoms with Gasteiger partial charge in [-0.2, -0.15) is 9.78 Å². The van der Waals surface area contributed by atoms with E-state index in [2.05, 4.69) is 43.1 Å². The Morgan fingerprint density at radius 2 is 1.74 bits per heavy atom. The van der Waals surface area contributed by atoms with Gasteiger partial charge in [0.25, 0.3) is 5.56 Å². The maximum absolute atomic E-state index is 12.7. The van der Waals surface area contributed by atoms with Crippen molar-refractivity contribution in [3.05, 3.63) is 40.4 Å². The molecule has 1 aliphatic rings. The Bertz CT molecular complexity index is 828. The highest BCUT2D eigenvalue weighted by Crippen LogP contribution is 2.26. The molecule has 1 aromatic carbocycles. The first-order chi connectivity index (χ1) is 10.7. The molecule has 1 saturated heterocycles. The Kier molecular flexibility index (Phi) is 3.64. The van der Waals surface area contributed by atoms with Crippen LogP contribution in [0.2, 0.25) is 0 Å². The van der Waals surface area contributed by atoms with Gasteiger partial charge < -0.3 is 5.32 Å². The highest BCUT2D eigenvalue weighted by atomic mass is 16.1. The Labute approximate surface area is 136 Å². The summed E-state index contributed by atoms with van der Waals surface area (Å²) >= 11 is 0. The summed E-state index contributed by atoms with van der Waals surface area (Å²) < 4.78 is 1.45. The fourth-order valence-electron chi connectivity index (χ4n) is 3.65. The number of benzene rings is 1. The van der Waals surface area contributed by atoms with Crippen LogP contribution in [-0.2, 0) is 0 Å². The average Bonchev–Trinajstić information content (AvgIpc) is 2.40. The zero-order valence-corrected chi connectivity index (χ0v) is 14.5. The topological polar surface area (TPSA) is 59.3 Å². The molecule has 0 bridgehead atoms. The van der Waals surface area contributed by atoms with Crippen molar-refractivity contribution in [1.82, 2.24) is 15.0 Å². The lowest BCUT2D eigenvalue weighted by Crippen LogP contribution is -2.58. The first kappa shape index (κ1) is 15.9. The largest absolute Gasteiger partial charge is 0.306 e. The minimum absolute atomic E-state index is 0.0393. The van der Waals surface area contributed by atoms with Gasteiger partial charge in [0.1, 0.15) is 5.82 Å². The molecule has 23 heavy (non-hydrogen) atoms. The first-order valence-corrected chi connectivity index (χ1v) is 8.01. The molecular formula is C18H24N4O. The monoisotopic (exact) mass is 312 g/mol. The van der Waals surface area contributed by atoms with Gasteiger partial charge in [-0.25, -0.2) is 4.98 Å². The Morgan fingerprint density at radius 3 is 2.39 bits per heavy atom. The van der Waals surface area contributed by atoms with Crippen LogP contribution in [0.25, 0.3) is 10.9 Å². The van der Waals surface area contributed by atoms with Crippen LogP contribution in [0, 0.1) is 6.92 Å². The third kappa shape index (κ3) is 3.20. The van der Waals surface area contributed by atoms with Crippen molar-refractivity contribution in [1.29, 1.82) is 0 Å². The van der Waals surface area contributed by atoms with E-state index in [-0.39, 0.29) is 16.6 Å². The molecule has 5 nitrogen and oxygen atoms in total. The summed E-state index contributed by atoms with van der Waals surface area (Å²) in [6.07, 6.45) is 1.63. The number of para-hydroxylation sites is 1. The maximum Gasteiger partial charge on any atom is 0.282 e. The summed E-state index contributed by atoms with van der Waals surface area (Å²) in [6.45, 7) is 10.5. The van der Waals surface area contributed by atoms with Crippen LogP contribution in [0.1, 0.15) is 46.4 Å². The van der Waals surface area contributed by atoms with Crippen molar-refractivity contribution in [2.75, 3.05) is 0 Å². The molecule has 1 N–H and O–H groups in total. The third-order valence-electron chi connectivity index (χ3n) is 4.13. The molecule has 0 amide bonds. The van der Waals surface area contributed by atoms with E-state index in [9.17, 15) is 4.79 Å². The average molecular weight is 312 g/mol. The van der Waals surface area contributed by atoms with Crippen molar-refractivity contribution in [3.8, 4) is 0 Å². The fourth-order valence-corrected chi connectivity index (χ4v) is 3.65. The number of aromatic nitrogens is 2. The second-order valence-electron chi connectivity index (χ2n) is 7.71. The van der Waals surface area contributed by atoms with Crippen LogP contribution in [0.5, 0.6) is 0 Å². The minimum Gasteiger partial charge on any atom is -0.306 e. The molecule has 2 aromatic rings. The summed E-state index contributed by atoms with van der Waals surface area (Å²) in [7, 11) is 0. The van der Waals surface area contributed by atoms with Gasteiger partial charge >= 0.3 is 0 Å². The maximum atomic E-state index is 12.7. The van der Waals surface area contributed by atoms with Gasteiger partial charge in [-0.1, -0.05) is 12.1 Å². The van der Waals surface area contributed by atoms with E-state index in [4.69, 9.17) is 0 Å². The Hall–Kier alpha value is -2.01. The Morgan fingerprint density at radius 1 is 1.13 bits per heavy atom. The summed E-state index contributed by atoms with van der Waals surface area (Å²) in [5.74, 6) is 0.621. The SMILES string of the molecule is Cc1nc2ccccc2c(=O)n1N=C1CC(C)(C)NC(C)(C)C1. The second-order valence-corrected chi connectivity index (χ2v) is 7.71. The number of nitrogens with one attached hydrogen (secondary N) is 1. The molecule has 3 rings (SSSR count). The summed E-state index contributed by atoms with van der Waals surface area (Å²) in [5.41, 5.74) is 1.57. The van der Waals surface area contributed by atoms with Crippen molar-refractivity contribution < 1.29 is 0 Å². The van der Waals surface area contributed by atoms with Gasteiger partial charge in [0, 0.05) is 29.6 Å². The van der Waals surface area contributed by atoms with Gasteiger partial charge in [0.2, 0.25) is 0 Å². The van der Waals surface area contributed by atoms with Crippen LogP contribution in [0.4, 0.5) is 0 Å². The number of piperidine rings is 1. The van der Waals surface area contributed by atoms with Crippen LogP contribution in [0.15, 0.2) is 34.2 Å². The van der Waals surface area contributed by atoms with E-state index in [1.54, 1.807) is 6.07 Å². The molecular weight excluding hydrogens is 288 g/mol. The molecule has 122 valence electrons. The smallest absolute Gasteiger partial charge is 0.282 e. The number of hydrogen-bond donors (Lipinski definition) is 1. The van der Waals surface area contributed by atoms with Gasteiger partial charge in [0.05, 0.1) is 10.9 Å². The van der Waals surface area contributed by atoms with E-state index < -0.39 is 0 Å². The summed E-state index contributed by atoms with van der Waals surface area (Å²) in [6, 6.07) is 7.41. The van der Waals surface area contributed by atoms with Crippen molar-refractivity contribution in [3.63, 3.8) is 0 Å². The van der Waals surface area contributed by atoms with E-state index in [0.717, 1.165) is 24.1 Å². The number of hydrogen-bond acceptors (Lipinski definition) is 4. The minimum atomic E-state index is -0.102. The molecule has 0 aliphatic carbocycles. The summed E-state index contributed by atoms with van der Waals surface area (Å²) in [4.78, 5) is 17.3. The predicted octanol–water partition coefficient (Wildman–Crippen LogP) is 2.85. The predicted molar refractivity (Wildman–Crippen MR) is 94.1 cm³/mol. The molecule has 1 fully saturated rings. The lowest BCUT2D eigenvalue weighted by atomic mass is 9.81. The fraction of sp³-hybridized carbons (Fsp3) is 0.500. The molecule has 0 saturated carbocycles. The second kappa shape index (κ2) is 5.27. The van der Waals surface area contributed by atoms with Crippen molar-refractivity contribution in [2.45, 2.75) is 58.5 Å². The van der Waals surface area contributed by atoms with Gasteiger partial charge in [0.15, 0.2) is 0 Å². The quantitative estimate of drug-likeness (QED) is 0.881. The van der Waals surface area contributed by atoms with E-state index >= 15 is 0 Å². The molecule has 0 spiro atoms. The zero-order chi connectivity index (χ0) is 16.8. The molecule has 5 heteroatoms.